The molecule has 0 bridgehead atoms. The molecule has 3 nitrogen and oxygen atoms in total. The predicted molar refractivity (Wildman–Crippen MR) is 74.1 cm³/mol. The highest BCUT2D eigenvalue weighted by molar-refractivity contribution is 5.76. The third-order valence-corrected chi connectivity index (χ3v) is 3.86. The lowest BCUT2D eigenvalue weighted by Gasteiger charge is -2.14. The van der Waals surface area contributed by atoms with E-state index >= 15 is 0 Å². The maximum absolute atomic E-state index is 11.4. The highest BCUT2D eigenvalue weighted by Gasteiger charge is 2.26. The van der Waals surface area contributed by atoms with E-state index in [2.05, 4.69) is 16.7 Å². The molecule has 0 amide bonds. The van der Waals surface area contributed by atoms with Crippen LogP contribution in [0.1, 0.15) is 30.9 Å². The summed E-state index contributed by atoms with van der Waals surface area (Å²) in [5.41, 5.74) is 3.23. The molecule has 1 atom stereocenters. The second kappa shape index (κ2) is 4.92. The van der Waals surface area contributed by atoms with Gasteiger partial charge < -0.3 is 9.67 Å². The van der Waals surface area contributed by atoms with E-state index in [1.165, 1.54) is 0 Å². The quantitative estimate of drug-likeness (QED) is 0.892. The molecule has 2 aromatic rings. The number of fused-ring (bicyclic) bond motifs is 1. The summed E-state index contributed by atoms with van der Waals surface area (Å²) in [6.07, 6.45) is 2.77. The summed E-state index contributed by atoms with van der Waals surface area (Å²) in [4.78, 5) is 11.4. The number of aliphatic carboxylic acids is 1. The fourth-order valence-electron chi connectivity index (χ4n) is 2.91. The summed E-state index contributed by atoms with van der Waals surface area (Å²) < 4.78 is 2.18. The maximum atomic E-state index is 11.4. The summed E-state index contributed by atoms with van der Waals surface area (Å²) in [6.45, 7) is 0.913. The van der Waals surface area contributed by atoms with Gasteiger partial charge in [0.15, 0.2) is 0 Å². The van der Waals surface area contributed by atoms with E-state index < -0.39 is 5.97 Å². The van der Waals surface area contributed by atoms with Gasteiger partial charge in [0.2, 0.25) is 0 Å². The van der Waals surface area contributed by atoms with Crippen molar-refractivity contribution in [1.82, 2.24) is 4.57 Å². The van der Waals surface area contributed by atoms with E-state index in [1.807, 2.05) is 30.3 Å². The van der Waals surface area contributed by atoms with Crippen LogP contribution in [-0.4, -0.2) is 15.6 Å². The van der Waals surface area contributed by atoms with Crippen molar-refractivity contribution in [3.63, 3.8) is 0 Å². The molecule has 1 unspecified atom stereocenters. The number of aromatic nitrogens is 1. The molecule has 0 saturated heterocycles. The van der Waals surface area contributed by atoms with Gasteiger partial charge in [0.05, 0.1) is 5.92 Å². The zero-order valence-corrected chi connectivity index (χ0v) is 10.7. The Morgan fingerprint density at radius 1 is 1.11 bits per heavy atom. The Morgan fingerprint density at radius 2 is 1.89 bits per heavy atom. The largest absolute Gasteiger partial charge is 0.481 e. The number of rotatable bonds is 2. The van der Waals surface area contributed by atoms with Crippen LogP contribution in [0.2, 0.25) is 0 Å². The summed E-state index contributed by atoms with van der Waals surface area (Å²) in [5.74, 6) is -1.07. The fraction of sp³-hybridized carbons (Fsp3) is 0.312. The van der Waals surface area contributed by atoms with Crippen molar-refractivity contribution in [3.05, 3.63) is 48.2 Å². The number of hydrogen-bond acceptors (Lipinski definition) is 1. The molecule has 0 fully saturated rings. The minimum atomic E-state index is -0.708. The Kier molecular flexibility index (Phi) is 3.11. The third-order valence-electron chi connectivity index (χ3n) is 3.86. The molecule has 1 aliphatic heterocycles. The molecule has 3 rings (SSSR count). The normalized spacial score (nSPS) is 18.6. The van der Waals surface area contributed by atoms with Crippen molar-refractivity contribution < 1.29 is 9.90 Å². The lowest BCUT2D eigenvalue weighted by atomic mass is 10.0. The van der Waals surface area contributed by atoms with E-state index in [-0.39, 0.29) is 5.92 Å². The molecule has 1 aromatic carbocycles. The Bertz CT molecular complexity index is 586. The van der Waals surface area contributed by atoms with Gasteiger partial charge in [0.1, 0.15) is 0 Å². The number of hydrogen-bond donors (Lipinski definition) is 1. The van der Waals surface area contributed by atoms with E-state index in [4.69, 9.17) is 0 Å². The molecule has 98 valence electrons. The van der Waals surface area contributed by atoms with Gasteiger partial charge in [-0.15, -0.1) is 0 Å². The van der Waals surface area contributed by atoms with Crippen molar-refractivity contribution in [1.29, 1.82) is 0 Å². The summed E-state index contributed by atoms with van der Waals surface area (Å²) >= 11 is 0. The molecule has 0 saturated carbocycles. The minimum absolute atomic E-state index is 0.361. The molecule has 1 aliphatic rings. The number of benzene rings is 1. The van der Waals surface area contributed by atoms with Crippen molar-refractivity contribution in [2.45, 2.75) is 31.7 Å². The predicted octanol–water partition coefficient (Wildman–Crippen LogP) is 3.51. The van der Waals surface area contributed by atoms with E-state index in [1.54, 1.807) is 0 Å². The van der Waals surface area contributed by atoms with Gasteiger partial charge in [0, 0.05) is 17.9 Å². The van der Waals surface area contributed by atoms with Gasteiger partial charge in [-0.3, -0.25) is 4.79 Å². The zero-order chi connectivity index (χ0) is 13.2. The monoisotopic (exact) mass is 255 g/mol. The molecule has 0 radical (unpaired) electrons. The second-order valence-corrected chi connectivity index (χ2v) is 5.05. The van der Waals surface area contributed by atoms with Gasteiger partial charge >= 0.3 is 5.97 Å². The average Bonchev–Trinajstić information content (AvgIpc) is 2.72. The van der Waals surface area contributed by atoms with Gasteiger partial charge in [-0.05, 0) is 30.5 Å². The van der Waals surface area contributed by atoms with Gasteiger partial charge in [-0.1, -0.05) is 36.8 Å². The molecule has 0 aliphatic carbocycles. The Balaban J connectivity index is 2.08. The molecule has 1 aromatic heterocycles. The van der Waals surface area contributed by atoms with Crippen LogP contribution in [0.5, 0.6) is 0 Å². The number of nitrogens with zero attached hydrogens (tertiary/aromatic N) is 1. The first kappa shape index (κ1) is 12.0. The highest BCUT2D eigenvalue weighted by Crippen LogP contribution is 2.32. The van der Waals surface area contributed by atoms with Gasteiger partial charge in [0.25, 0.3) is 0 Å². The van der Waals surface area contributed by atoms with Crippen LogP contribution in [0, 0.1) is 0 Å². The van der Waals surface area contributed by atoms with Crippen LogP contribution in [0.15, 0.2) is 42.5 Å². The first-order valence-electron chi connectivity index (χ1n) is 6.75. The number of carboxylic acid groups (broad SMARTS) is 1. The van der Waals surface area contributed by atoms with Gasteiger partial charge in [-0.25, -0.2) is 0 Å². The lowest BCUT2D eigenvalue weighted by molar-refractivity contribution is -0.139. The van der Waals surface area contributed by atoms with E-state index in [0.717, 1.165) is 42.8 Å². The molecule has 0 spiro atoms. The van der Waals surface area contributed by atoms with E-state index in [0.29, 0.717) is 0 Å². The number of carboxylic acids is 1. The first-order valence-corrected chi connectivity index (χ1v) is 6.75. The van der Waals surface area contributed by atoms with Crippen molar-refractivity contribution in [2.75, 3.05) is 0 Å². The van der Waals surface area contributed by atoms with Crippen molar-refractivity contribution in [3.8, 4) is 11.3 Å². The van der Waals surface area contributed by atoms with Crippen LogP contribution in [0.4, 0.5) is 0 Å². The Labute approximate surface area is 112 Å². The topological polar surface area (TPSA) is 42.2 Å². The fourth-order valence-corrected chi connectivity index (χ4v) is 2.91. The molecular weight excluding hydrogens is 238 g/mol. The molecular formula is C16H17NO2. The van der Waals surface area contributed by atoms with Crippen molar-refractivity contribution >= 4 is 5.97 Å². The van der Waals surface area contributed by atoms with Gasteiger partial charge in [-0.2, -0.15) is 0 Å². The minimum Gasteiger partial charge on any atom is -0.481 e. The maximum Gasteiger partial charge on any atom is 0.312 e. The molecule has 3 heteroatoms. The molecule has 1 N–H and O–H groups in total. The Hall–Kier alpha value is -2.03. The third kappa shape index (κ3) is 2.16. The summed E-state index contributed by atoms with van der Waals surface area (Å²) in [6, 6.07) is 14.2. The average molecular weight is 255 g/mol. The van der Waals surface area contributed by atoms with E-state index in [9.17, 15) is 9.90 Å². The van der Waals surface area contributed by atoms with Crippen LogP contribution >= 0.6 is 0 Å². The Morgan fingerprint density at radius 3 is 2.63 bits per heavy atom. The van der Waals surface area contributed by atoms with Crippen molar-refractivity contribution in [2.24, 2.45) is 0 Å². The van der Waals surface area contributed by atoms with Crippen LogP contribution in [0.3, 0.4) is 0 Å². The number of carbonyl (C=O) groups is 1. The second-order valence-electron chi connectivity index (χ2n) is 5.05. The van der Waals surface area contributed by atoms with Crippen LogP contribution in [0.25, 0.3) is 11.3 Å². The van der Waals surface area contributed by atoms with Crippen LogP contribution < -0.4 is 0 Å². The molecule has 2 heterocycles. The zero-order valence-electron chi connectivity index (χ0n) is 10.7. The lowest BCUT2D eigenvalue weighted by Crippen LogP contribution is -2.14. The highest BCUT2D eigenvalue weighted by atomic mass is 16.4. The first-order chi connectivity index (χ1) is 9.27. The molecule has 19 heavy (non-hydrogen) atoms. The standard InChI is InChI=1S/C16H17NO2/c18-16(19)13-8-4-5-11-17-14(9-10-15(13)17)12-6-2-1-3-7-12/h1-3,6-7,9-10,13H,4-5,8,11H2,(H,18,19). The summed E-state index contributed by atoms with van der Waals surface area (Å²) in [5, 5.41) is 9.38. The van der Waals surface area contributed by atoms with Crippen LogP contribution in [-0.2, 0) is 11.3 Å². The smallest absolute Gasteiger partial charge is 0.312 e. The summed E-state index contributed by atoms with van der Waals surface area (Å²) in [7, 11) is 0. The SMILES string of the molecule is O=C(O)C1CCCCn2c(-c3ccccc3)ccc21.